The topological polar surface area (TPSA) is 73.2 Å². The smallest absolute Gasteiger partial charge is 0.229 e. The Bertz CT molecular complexity index is 1860. The summed E-state index contributed by atoms with van der Waals surface area (Å²) in [6.07, 6.45) is 3.67. The van der Waals surface area contributed by atoms with Crippen molar-refractivity contribution < 1.29 is 17.5 Å². The summed E-state index contributed by atoms with van der Waals surface area (Å²) in [6.45, 7) is 2.46. The molecule has 0 aliphatic carbocycles. The molecule has 0 spiro atoms. The standard InChI is InChI=1S/C31H26FN3O3S/c1-3-26(20-7-6-8-24(15-20)34-39(2,36)37)31-27-9-4-5-10-30(27)38-19-22-17-29-21(16-28(22)31)18-33-35(29)25-13-11-23(32)12-14-25/h4-18,34H,3,19H2,1-2H3/b31-26-. The number of anilines is 1. The van der Waals surface area contributed by atoms with Gasteiger partial charge in [0.25, 0.3) is 0 Å². The van der Waals surface area contributed by atoms with Crippen LogP contribution in [0.15, 0.2) is 91.1 Å². The molecule has 0 saturated carbocycles. The van der Waals surface area contributed by atoms with Crippen LogP contribution in [0, 0.1) is 5.82 Å². The fourth-order valence-electron chi connectivity index (χ4n) is 5.19. The van der Waals surface area contributed by atoms with E-state index in [9.17, 15) is 12.8 Å². The normalized spacial score (nSPS) is 14.2. The Morgan fingerprint density at radius 1 is 1.00 bits per heavy atom. The number of ether oxygens (including phenoxy) is 1. The van der Waals surface area contributed by atoms with Crippen molar-refractivity contribution in [3.63, 3.8) is 0 Å². The summed E-state index contributed by atoms with van der Waals surface area (Å²) in [5, 5.41) is 5.54. The van der Waals surface area contributed by atoms with Gasteiger partial charge in [-0.05, 0) is 88.9 Å². The van der Waals surface area contributed by atoms with E-state index in [1.807, 2.05) is 42.6 Å². The summed E-state index contributed by atoms with van der Waals surface area (Å²) >= 11 is 0. The van der Waals surface area contributed by atoms with Crippen LogP contribution in [0.5, 0.6) is 5.75 Å². The molecule has 1 N–H and O–H groups in total. The number of halogens is 1. The number of hydrogen-bond acceptors (Lipinski definition) is 4. The number of sulfonamides is 1. The van der Waals surface area contributed by atoms with E-state index in [0.717, 1.165) is 62.0 Å². The van der Waals surface area contributed by atoms with Gasteiger partial charge in [0.1, 0.15) is 18.2 Å². The maximum Gasteiger partial charge on any atom is 0.229 e. The van der Waals surface area contributed by atoms with Gasteiger partial charge in [0, 0.05) is 16.6 Å². The highest BCUT2D eigenvalue weighted by molar-refractivity contribution is 7.92. The third-order valence-electron chi connectivity index (χ3n) is 6.84. The van der Waals surface area contributed by atoms with E-state index in [-0.39, 0.29) is 5.82 Å². The first kappa shape index (κ1) is 24.9. The van der Waals surface area contributed by atoms with Crippen molar-refractivity contribution in [3.8, 4) is 11.4 Å². The van der Waals surface area contributed by atoms with E-state index in [1.165, 1.54) is 12.1 Å². The summed E-state index contributed by atoms with van der Waals surface area (Å²) in [5.74, 6) is 0.484. The summed E-state index contributed by atoms with van der Waals surface area (Å²) in [7, 11) is -3.42. The van der Waals surface area contributed by atoms with Gasteiger partial charge in [0.15, 0.2) is 0 Å². The van der Waals surface area contributed by atoms with Gasteiger partial charge in [0.05, 0.1) is 23.7 Å². The van der Waals surface area contributed by atoms with Gasteiger partial charge in [-0.15, -0.1) is 0 Å². The minimum atomic E-state index is -3.42. The van der Waals surface area contributed by atoms with Gasteiger partial charge < -0.3 is 4.74 Å². The van der Waals surface area contributed by atoms with Crippen molar-refractivity contribution in [3.05, 3.63) is 119 Å². The number of hydrogen-bond donors (Lipinski definition) is 1. The Hall–Kier alpha value is -4.43. The zero-order valence-electron chi connectivity index (χ0n) is 21.5. The summed E-state index contributed by atoms with van der Waals surface area (Å²) in [6, 6.07) is 25.9. The average molecular weight is 540 g/mol. The number of rotatable bonds is 5. The first-order valence-electron chi connectivity index (χ1n) is 12.6. The van der Waals surface area contributed by atoms with Crippen molar-refractivity contribution in [2.24, 2.45) is 0 Å². The van der Waals surface area contributed by atoms with Gasteiger partial charge in [-0.3, -0.25) is 4.72 Å². The van der Waals surface area contributed by atoms with Gasteiger partial charge >= 0.3 is 0 Å². The first-order chi connectivity index (χ1) is 18.8. The lowest BCUT2D eigenvalue weighted by Gasteiger charge is -2.18. The van der Waals surface area contributed by atoms with Gasteiger partial charge in [-0.25, -0.2) is 17.5 Å². The zero-order chi connectivity index (χ0) is 27.1. The molecule has 0 saturated heterocycles. The molecule has 6 nitrogen and oxygen atoms in total. The average Bonchev–Trinajstić information content (AvgIpc) is 3.25. The quantitative estimate of drug-likeness (QED) is 0.267. The fourth-order valence-corrected chi connectivity index (χ4v) is 5.75. The first-order valence-corrected chi connectivity index (χ1v) is 14.5. The predicted octanol–water partition coefficient (Wildman–Crippen LogP) is 6.80. The van der Waals surface area contributed by atoms with Crippen molar-refractivity contribution in [1.29, 1.82) is 0 Å². The molecule has 0 atom stereocenters. The van der Waals surface area contributed by atoms with Gasteiger partial charge in [0.2, 0.25) is 10.0 Å². The second-order valence-corrected chi connectivity index (χ2v) is 11.3. The molecule has 2 heterocycles. The van der Waals surface area contributed by atoms with Crippen molar-refractivity contribution in [2.45, 2.75) is 20.0 Å². The lowest BCUT2D eigenvalue weighted by molar-refractivity contribution is 0.307. The van der Waals surface area contributed by atoms with Gasteiger partial charge in [-0.1, -0.05) is 37.3 Å². The molecule has 5 aromatic rings. The molecular formula is C31H26FN3O3S. The highest BCUT2D eigenvalue weighted by Gasteiger charge is 2.24. The summed E-state index contributed by atoms with van der Waals surface area (Å²) < 4.78 is 48.1. The predicted molar refractivity (Wildman–Crippen MR) is 153 cm³/mol. The molecule has 1 aromatic heterocycles. The number of aromatic nitrogens is 2. The van der Waals surface area contributed by atoms with E-state index in [1.54, 1.807) is 22.9 Å². The van der Waals surface area contributed by atoms with E-state index < -0.39 is 10.0 Å². The molecular weight excluding hydrogens is 513 g/mol. The van der Waals surface area contributed by atoms with Crippen LogP contribution < -0.4 is 9.46 Å². The van der Waals surface area contributed by atoms with Crippen molar-refractivity contribution >= 4 is 37.8 Å². The van der Waals surface area contributed by atoms with Crippen LogP contribution in [0.25, 0.3) is 27.7 Å². The van der Waals surface area contributed by atoms with Crippen molar-refractivity contribution in [2.75, 3.05) is 11.0 Å². The highest BCUT2D eigenvalue weighted by Crippen LogP contribution is 2.43. The highest BCUT2D eigenvalue weighted by atomic mass is 32.2. The lowest BCUT2D eigenvalue weighted by Crippen LogP contribution is -2.09. The Labute approximate surface area is 226 Å². The van der Waals surface area contributed by atoms with Gasteiger partial charge in [-0.2, -0.15) is 5.10 Å². The molecule has 0 bridgehead atoms. The van der Waals surface area contributed by atoms with Crippen LogP contribution in [0.1, 0.15) is 35.6 Å². The Kier molecular flexibility index (Phi) is 6.19. The molecule has 0 amide bonds. The molecule has 6 rings (SSSR count). The summed E-state index contributed by atoms with van der Waals surface area (Å²) in [4.78, 5) is 0. The van der Waals surface area contributed by atoms with Crippen molar-refractivity contribution in [1.82, 2.24) is 9.78 Å². The molecule has 196 valence electrons. The van der Waals surface area contributed by atoms with Crippen LogP contribution in [-0.4, -0.2) is 24.5 Å². The second-order valence-electron chi connectivity index (χ2n) is 9.55. The van der Waals surface area contributed by atoms with E-state index in [2.05, 4.69) is 34.9 Å². The molecule has 1 aliphatic heterocycles. The monoisotopic (exact) mass is 539 g/mol. The number of allylic oxidation sites excluding steroid dienone is 1. The Morgan fingerprint density at radius 2 is 1.79 bits per heavy atom. The van der Waals surface area contributed by atoms with E-state index >= 15 is 0 Å². The largest absolute Gasteiger partial charge is 0.488 e. The number of para-hydroxylation sites is 1. The Balaban J connectivity index is 1.59. The Morgan fingerprint density at radius 3 is 2.56 bits per heavy atom. The van der Waals surface area contributed by atoms with Crippen LogP contribution in [0.3, 0.4) is 0 Å². The third kappa shape index (κ3) is 4.79. The summed E-state index contributed by atoms with van der Waals surface area (Å²) in [5.41, 5.74) is 8.20. The molecule has 8 heteroatoms. The minimum absolute atomic E-state index is 0.298. The fraction of sp³-hybridized carbons (Fsp3) is 0.129. The number of nitrogens with one attached hydrogen (secondary N) is 1. The maximum absolute atomic E-state index is 13.6. The molecule has 4 aromatic carbocycles. The van der Waals surface area contributed by atoms with E-state index in [4.69, 9.17) is 4.74 Å². The third-order valence-corrected chi connectivity index (χ3v) is 7.45. The molecule has 0 radical (unpaired) electrons. The SMILES string of the molecule is CC/C(=C1/c2cc3cnn(-c4ccc(F)cc4)c3cc2COc2ccccc21)c1cccc(NS(C)(=O)=O)c1. The number of fused-ring (bicyclic) bond motifs is 3. The van der Waals surface area contributed by atoms with E-state index in [0.29, 0.717) is 18.7 Å². The lowest BCUT2D eigenvalue weighted by atomic mass is 9.86. The maximum atomic E-state index is 13.6. The minimum Gasteiger partial charge on any atom is -0.488 e. The second kappa shape index (κ2) is 9.71. The molecule has 39 heavy (non-hydrogen) atoms. The van der Waals surface area contributed by atoms with Crippen LogP contribution in [-0.2, 0) is 16.6 Å². The van der Waals surface area contributed by atoms with Crippen LogP contribution in [0.4, 0.5) is 10.1 Å². The van der Waals surface area contributed by atoms with Crippen LogP contribution in [0.2, 0.25) is 0 Å². The zero-order valence-corrected chi connectivity index (χ0v) is 22.3. The van der Waals surface area contributed by atoms with Crippen LogP contribution >= 0.6 is 0 Å². The number of nitrogens with zero attached hydrogens (tertiary/aromatic N) is 2. The molecule has 0 fully saturated rings. The molecule has 1 aliphatic rings. The number of benzene rings is 4. The molecule has 0 unspecified atom stereocenters.